The van der Waals surface area contributed by atoms with Crippen molar-refractivity contribution in [3.8, 4) is 0 Å². The number of carbonyl (C=O) groups is 2. The van der Waals surface area contributed by atoms with Crippen LogP contribution in [-0.4, -0.2) is 32.3 Å². The number of nitrogens with zero attached hydrogens (tertiary/aromatic N) is 3. The number of aromatic nitrogens is 3. The number of rotatable bonds is 8. The molecule has 2 aromatic carbocycles. The maximum Gasteiger partial charge on any atom is 0.252 e. The van der Waals surface area contributed by atoms with Crippen LogP contribution < -0.4 is 10.6 Å². The molecule has 2 N–H and O–H groups in total. The van der Waals surface area contributed by atoms with Crippen LogP contribution >= 0.6 is 27.7 Å². The molecule has 162 valence electrons. The van der Waals surface area contributed by atoms with E-state index in [0.29, 0.717) is 23.1 Å². The SMILES string of the molecule is CCn1c(CNC(=O)c2ccccc2Br)nnc1SCC(=O)Nc1ccc(C)c(C)c1. The molecule has 2 amide bonds. The molecular weight excluding hydrogens is 478 g/mol. The van der Waals surface area contributed by atoms with E-state index in [9.17, 15) is 9.59 Å². The molecule has 0 unspecified atom stereocenters. The summed E-state index contributed by atoms with van der Waals surface area (Å²) in [6.45, 7) is 6.90. The highest BCUT2D eigenvalue weighted by Crippen LogP contribution is 2.19. The topological polar surface area (TPSA) is 88.9 Å². The van der Waals surface area contributed by atoms with Gasteiger partial charge >= 0.3 is 0 Å². The van der Waals surface area contributed by atoms with Gasteiger partial charge in [0.15, 0.2) is 11.0 Å². The first-order chi connectivity index (χ1) is 14.9. The van der Waals surface area contributed by atoms with Gasteiger partial charge in [-0.3, -0.25) is 9.59 Å². The van der Waals surface area contributed by atoms with Crippen molar-refractivity contribution in [3.05, 3.63) is 69.5 Å². The normalized spacial score (nSPS) is 10.7. The Morgan fingerprint density at radius 2 is 1.87 bits per heavy atom. The van der Waals surface area contributed by atoms with Crippen LogP contribution in [0.2, 0.25) is 0 Å². The van der Waals surface area contributed by atoms with Gasteiger partial charge in [0.05, 0.1) is 17.9 Å². The Kier molecular flexibility index (Phi) is 7.86. The Balaban J connectivity index is 1.58. The van der Waals surface area contributed by atoms with Crippen molar-refractivity contribution in [3.63, 3.8) is 0 Å². The molecule has 3 rings (SSSR count). The molecule has 3 aromatic rings. The van der Waals surface area contributed by atoms with E-state index in [-0.39, 0.29) is 24.1 Å². The quantitative estimate of drug-likeness (QED) is 0.448. The molecule has 0 bridgehead atoms. The van der Waals surface area contributed by atoms with Crippen molar-refractivity contribution >= 4 is 45.2 Å². The first-order valence-corrected chi connectivity index (χ1v) is 11.6. The Hall–Kier alpha value is -2.65. The van der Waals surface area contributed by atoms with Crippen LogP contribution in [0.1, 0.15) is 34.2 Å². The summed E-state index contributed by atoms with van der Waals surface area (Å²) in [5, 5.41) is 14.8. The Morgan fingerprint density at radius 1 is 1.10 bits per heavy atom. The lowest BCUT2D eigenvalue weighted by atomic mass is 10.1. The largest absolute Gasteiger partial charge is 0.345 e. The number of halogens is 1. The Labute approximate surface area is 194 Å². The van der Waals surface area contributed by atoms with Crippen molar-refractivity contribution in [1.82, 2.24) is 20.1 Å². The molecule has 0 spiro atoms. The van der Waals surface area contributed by atoms with Crippen molar-refractivity contribution in [2.45, 2.75) is 39.0 Å². The van der Waals surface area contributed by atoms with E-state index in [2.05, 4.69) is 36.8 Å². The third-order valence-electron chi connectivity index (χ3n) is 4.76. The summed E-state index contributed by atoms with van der Waals surface area (Å²) in [5.41, 5.74) is 3.65. The molecule has 0 aliphatic heterocycles. The van der Waals surface area contributed by atoms with Gasteiger partial charge in [0.25, 0.3) is 5.91 Å². The molecule has 7 nitrogen and oxygen atoms in total. The second kappa shape index (κ2) is 10.6. The number of hydrogen-bond donors (Lipinski definition) is 2. The summed E-state index contributed by atoms with van der Waals surface area (Å²) in [7, 11) is 0. The monoisotopic (exact) mass is 501 g/mol. The van der Waals surface area contributed by atoms with Gasteiger partial charge < -0.3 is 15.2 Å². The minimum Gasteiger partial charge on any atom is -0.345 e. The van der Waals surface area contributed by atoms with Gasteiger partial charge in [0.1, 0.15) is 0 Å². The molecule has 0 aliphatic carbocycles. The first-order valence-electron chi connectivity index (χ1n) is 9.83. The van der Waals surface area contributed by atoms with Crippen LogP contribution in [0.15, 0.2) is 52.1 Å². The zero-order valence-electron chi connectivity index (χ0n) is 17.6. The summed E-state index contributed by atoms with van der Waals surface area (Å²) in [6.07, 6.45) is 0. The predicted octanol–water partition coefficient (Wildman–Crippen LogP) is 4.34. The lowest BCUT2D eigenvalue weighted by Crippen LogP contribution is -2.25. The van der Waals surface area contributed by atoms with Gasteiger partial charge in [-0.15, -0.1) is 10.2 Å². The standard InChI is InChI=1S/C22H24BrN5O2S/c1-4-28-19(12-24-21(30)17-7-5-6-8-18(17)23)26-27-22(28)31-13-20(29)25-16-10-9-14(2)15(3)11-16/h5-11H,4,12-13H2,1-3H3,(H,24,30)(H,25,29). The van der Waals surface area contributed by atoms with Crippen molar-refractivity contribution < 1.29 is 9.59 Å². The van der Waals surface area contributed by atoms with E-state index in [1.54, 1.807) is 6.07 Å². The average molecular weight is 502 g/mol. The summed E-state index contributed by atoms with van der Waals surface area (Å²) in [5.74, 6) is 0.553. The Morgan fingerprint density at radius 3 is 2.58 bits per heavy atom. The molecule has 1 aromatic heterocycles. The van der Waals surface area contributed by atoms with E-state index in [0.717, 1.165) is 15.7 Å². The third kappa shape index (κ3) is 5.95. The summed E-state index contributed by atoms with van der Waals surface area (Å²) < 4.78 is 2.63. The second-order valence-electron chi connectivity index (χ2n) is 6.94. The highest BCUT2D eigenvalue weighted by molar-refractivity contribution is 9.10. The molecule has 0 saturated carbocycles. The van der Waals surface area contributed by atoms with Crippen LogP contribution in [0.4, 0.5) is 5.69 Å². The zero-order valence-corrected chi connectivity index (χ0v) is 20.0. The lowest BCUT2D eigenvalue weighted by Gasteiger charge is -2.10. The van der Waals surface area contributed by atoms with E-state index in [4.69, 9.17) is 0 Å². The predicted molar refractivity (Wildman–Crippen MR) is 126 cm³/mol. The summed E-state index contributed by atoms with van der Waals surface area (Å²) >= 11 is 4.70. The molecule has 0 saturated heterocycles. The fourth-order valence-electron chi connectivity index (χ4n) is 2.92. The number of nitrogens with one attached hydrogen (secondary N) is 2. The smallest absolute Gasteiger partial charge is 0.252 e. The van der Waals surface area contributed by atoms with Gasteiger partial charge in [-0.05, 0) is 72.1 Å². The van der Waals surface area contributed by atoms with Crippen LogP contribution in [0.3, 0.4) is 0 Å². The highest BCUT2D eigenvalue weighted by atomic mass is 79.9. The minimum absolute atomic E-state index is 0.109. The van der Waals surface area contributed by atoms with Gasteiger partial charge in [-0.25, -0.2) is 0 Å². The number of anilines is 1. The second-order valence-corrected chi connectivity index (χ2v) is 8.74. The summed E-state index contributed by atoms with van der Waals surface area (Å²) in [6, 6.07) is 13.1. The van der Waals surface area contributed by atoms with E-state index in [1.807, 2.05) is 61.7 Å². The third-order valence-corrected chi connectivity index (χ3v) is 6.42. The van der Waals surface area contributed by atoms with Crippen LogP contribution in [0.25, 0.3) is 0 Å². The molecule has 9 heteroatoms. The molecule has 0 fully saturated rings. The number of carbonyl (C=O) groups excluding carboxylic acids is 2. The summed E-state index contributed by atoms with van der Waals surface area (Å²) in [4.78, 5) is 24.8. The molecular formula is C22H24BrN5O2S. The maximum atomic E-state index is 12.4. The van der Waals surface area contributed by atoms with E-state index < -0.39 is 0 Å². The van der Waals surface area contributed by atoms with Crippen LogP contribution in [0.5, 0.6) is 0 Å². The number of benzene rings is 2. The van der Waals surface area contributed by atoms with Crippen LogP contribution in [0, 0.1) is 13.8 Å². The van der Waals surface area contributed by atoms with Gasteiger partial charge in [0, 0.05) is 16.7 Å². The van der Waals surface area contributed by atoms with Gasteiger partial charge in [-0.2, -0.15) is 0 Å². The first kappa shape index (κ1) is 23.0. The van der Waals surface area contributed by atoms with E-state index >= 15 is 0 Å². The minimum atomic E-state index is -0.194. The highest BCUT2D eigenvalue weighted by Gasteiger charge is 2.15. The number of amides is 2. The number of thioether (sulfide) groups is 1. The molecule has 0 radical (unpaired) electrons. The van der Waals surface area contributed by atoms with Crippen LogP contribution in [-0.2, 0) is 17.9 Å². The number of aryl methyl sites for hydroxylation is 2. The molecule has 0 aliphatic rings. The van der Waals surface area contributed by atoms with Gasteiger partial charge in [0.2, 0.25) is 5.91 Å². The zero-order chi connectivity index (χ0) is 22.4. The molecule has 31 heavy (non-hydrogen) atoms. The molecule has 0 atom stereocenters. The van der Waals surface area contributed by atoms with Crippen molar-refractivity contribution in [2.75, 3.05) is 11.1 Å². The fourth-order valence-corrected chi connectivity index (χ4v) is 4.21. The number of hydrogen-bond acceptors (Lipinski definition) is 5. The molecule has 1 heterocycles. The average Bonchev–Trinajstić information content (AvgIpc) is 3.15. The van der Waals surface area contributed by atoms with E-state index in [1.165, 1.54) is 17.3 Å². The maximum absolute atomic E-state index is 12.4. The van der Waals surface area contributed by atoms with Crippen molar-refractivity contribution in [2.24, 2.45) is 0 Å². The van der Waals surface area contributed by atoms with Crippen molar-refractivity contribution in [1.29, 1.82) is 0 Å². The Bertz CT molecular complexity index is 1100. The fraction of sp³-hybridized carbons (Fsp3) is 0.273. The van der Waals surface area contributed by atoms with Gasteiger partial charge in [-0.1, -0.05) is 30.0 Å². The lowest BCUT2D eigenvalue weighted by molar-refractivity contribution is -0.113.